The van der Waals surface area contributed by atoms with Crippen LogP contribution in [0.3, 0.4) is 0 Å². The topological polar surface area (TPSA) is 29.3 Å². The Balaban J connectivity index is 2.23. The van der Waals surface area contributed by atoms with Gasteiger partial charge in [-0.1, -0.05) is 35.0 Å². The summed E-state index contributed by atoms with van der Waals surface area (Å²) < 4.78 is 1.14. The summed E-state index contributed by atoms with van der Waals surface area (Å²) >= 11 is 3.45. The molecule has 0 heterocycles. The SMILES string of the molecule is CC(CN)CCN(C)CCc1ccc(Br)cc1. The summed E-state index contributed by atoms with van der Waals surface area (Å²) in [5.41, 5.74) is 7.01. The Hall–Kier alpha value is -0.380. The van der Waals surface area contributed by atoms with E-state index in [9.17, 15) is 0 Å². The van der Waals surface area contributed by atoms with Crippen LogP contribution >= 0.6 is 15.9 Å². The molecule has 0 bridgehead atoms. The summed E-state index contributed by atoms with van der Waals surface area (Å²) in [6.45, 7) is 5.25. The van der Waals surface area contributed by atoms with Gasteiger partial charge in [0.25, 0.3) is 0 Å². The van der Waals surface area contributed by atoms with Gasteiger partial charge >= 0.3 is 0 Å². The highest BCUT2D eigenvalue weighted by molar-refractivity contribution is 9.10. The third-order valence-electron chi connectivity index (χ3n) is 3.10. The van der Waals surface area contributed by atoms with Gasteiger partial charge in [-0.05, 0) is 56.6 Å². The molecule has 1 aromatic carbocycles. The fourth-order valence-electron chi connectivity index (χ4n) is 1.64. The van der Waals surface area contributed by atoms with Gasteiger partial charge in [-0.15, -0.1) is 0 Å². The van der Waals surface area contributed by atoms with E-state index in [1.807, 2.05) is 0 Å². The molecule has 3 heteroatoms. The Morgan fingerprint density at radius 3 is 2.47 bits per heavy atom. The Bertz CT molecular complexity index is 311. The molecule has 2 N–H and O–H groups in total. The minimum absolute atomic E-state index is 0.630. The Kier molecular flexibility index (Phi) is 6.78. The van der Waals surface area contributed by atoms with Crippen LogP contribution in [0.4, 0.5) is 0 Å². The highest BCUT2D eigenvalue weighted by atomic mass is 79.9. The van der Waals surface area contributed by atoms with Crippen LogP contribution in [0.1, 0.15) is 18.9 Å². The van der Waals surface area contributed by atoms with Crippen LogP contribution in [-0.4, -0.2) is 31.6 Å². The second-order valence-electron chi connectivity index (χ2n) is 4.81. The van der Waals surface area contributed by atoms with Gasteiger partial charge in [-0.2, -0.15) is 0 Å². The van der Waals surface area contributed by atoms with Crippen molar-refractivity contribution in [3.8, 4) is 0 Å². The molecule has 0 aliphatic carbocycles. The predicted octanol–water partition coefficient (Wildman–Crippen LogP) is 2.91. The molecular formula is C14H23BrN2. The number of nitrogens with two attached hydrogens (primary N) is 1. The van der Waals surface area contributed by atoms with Crippen molar-refractivity contribution in [3.05, 3.63) is 34.3 Å². The number of hydrogen-bond donors (Lipinski definition) is 1. The predicted molar refractivity (Wildman–Crippen MR) is 78.2 cm³/mol. The minimum Gasteiger partial charge on any atom is -0.330 e. The fraction of sp³-hybridized carbons (Fsp3) is 0.571. The van der Waals surface area contributed by atoms with Crippen LogP contribution in [0, 0.1) is 5.92 Å². The number of benzene rings is 1. The van der Waals surface area contributed by atoms with Crippen molar-refractivity contribution in [1.29, 1.82) is 0 Å². The molecule has 0 aliphatic heterocycles. The Morgan fingerprint density at radius 2 is 1.88 bits per heavy atom. The third-order valence-corrected chi connectivity index (χ3v) is 3.63. The van der Waals surface area contributed by atoms with E-state index in [0.29, 0.717) is 5.92 Å². The van der Waals surface area contributed by atoms with E-state index < -0.39 is 0 Å². The molecule has 0 amide bonds. The summed E-state index contributed by atoms with van der Waals surface area (Å²) in [5.74, 6) is 0.630. The lowest BCUT2D eigenvalue weighted by atomic mass is 10.1. The molecule has 0 aromatic heterocycles. The van der Waals surface area contributed by atoms with Gasteiger partial charge in [0.15, 0.2) is 0 Å². The standard InChI is InChI=1S/C14H23BrN2/c1-12(11-16)7-9-17(2)10-8-13-3-5-14(15)6-4-13/h3-6,12H,7-11,16H2,1-2H3. The van der Waals surface area contributed by atoms with Crippen molar-refractivity contribution in [3.63, 3.8) is 0 Å². The van der Waals surface area contributed by atoms with Crippen molar-refractivity contribution in [1.82, 2.24) is 4.90 Å². The van der Waals surface area contributed by atoms with Gasteiger partial charge in [0, 0.05) is 11.0 Å². The molecule has 1 atom stereocenters. The van der Waals surface area contributed by atoms with Crippen molar-refractivity contribution < 1.29 is 0 Å². The number of likely N-dealkylation sites (N-methyl/N-ethyl adjacent to an activating group) is 1. The van der Waals surface area contributed by atoms with Crippen LogP contribution in [0.15, 0.2) is 28.7 Å². The lowest BCUT2D eigenvalue weighted by molar-refractivity contribution is 0.310. The zero-order valence-electron chi connectivity index (χ0n) is 10.8. The van der Waals surface area contributed by atoms with Gasteiger partial charge in [-0.25, -0.2) is 0 Å². The second kappa shape index (κ2) is 7.85. The van der Waals surface area contributed by atoms with E-state index in [4.69, 9.17) is 5.73 Å². The zero-order valence-corrected chi connectivity index (χ0v) is 12.4. The van der Waals surface area contributed by atoms with Gasteiger partial charge in [0.05, 0.1) is 0 Å². The number of hydrogen-bond acceptors (Lipinski definition) is 2. The van der Waals surface area contributed by atoms with Gasteiger partial charge in [0.1, 0.15) is 0 Å². The third kappa shape index (κ3) is 6.20. The molecule has 0 saturated carbocycles. The highest BCUT2D eigenvalue weighted by Crippen LogP contribution is 2.11. The summed E-state index contributed by atoms with van der Waals surface area (Å²) in [7, 11) is 2.18. The molecule has 1 unspecified atom stereocenters. The molecule has 17 heavy (non-hydrogen) atoms. The monoisotopic (exact) mass is 298 g/mol. The van der Waals surface area contributed by atoms with E-state index >= 15 is 0 Å². The minimum atomic E-state index is 0.630. The normalized spacial score (nSPS) is 13.0. The maximum atomic E-state index is 5.61. The molecule has 96 valence electrons. The largest absolute Gasteiger partial charge is 0.330 e. The molecule has 0 radical (unpaired) electrons. The first-order valence-corrected chi connectivity index (χ1v) is 7.04. The quantitative estimate of drug-likeness (QED) is 0.839. The molecule has 1 rings (SSSR count). The molecule has 1 aromatic rings. The van der Waals surface area contributed by atoms with Gasteiger partial charge < -0.3 is 10.6 Å². The van der Waals surface area contributed by atoms with Crippen LogP contribution in [0.25, 0.3) is 0 Å². The summed E-state index contributed by atoms with van der Waals surface area (Å²) in [6, 6.07) is 8.57. The molecular weight excluding hydrogens is 276 g/mol. The van der Waals surface area contributed by atoms with Crippen LogP contribution in [-0.2, 0) is 6.42 Å². The Morgan fingerprint density at radius 1 is 1.24 bits per heavy atom. The molecule has 0 fully saturated rings. The van der Waals surface area contributed by atoms with E-state index in [2.05, 4.69) is 59.1 Å². The molecule has 0 aliphatic rings. The number of halogens is 1. The molecule has 0 spiro atoms. The number of nitrogens with zero attached hydrogens (tertiary/aromatic N) is 1. The summed E-state index contributed by atoms with van der Waals surface area (Å²) in [6.07, 6.45) is 2.30. The van der Waals surface area contributed by atoms with E-state index in [1.165, 1.54) is 12.0 Å². The van der Waals surface area contributed by atoms with Crippen molar-refractivity contribution in [2.75, 3.05) is 26.7 Å². The van der Waals surface area contributed by atoms with Crippen molar-refractivity contribution in [2.24, 2.45) is 11.7 Å². The average molecular weight is 299 g/mol. The second-order valence-corrected chi connectivity index (χ2v) is 5.72. The lowest BCUT2D eigenvalue weighted by Crippen LogP contribution is -2.25. The fourth-order valence-corrected chi connectivity index (χ4v) is 1.91. The summed E-state index contributed by atoms with van der Waals surface area (Å²) in [4.78, 5) is 2.38. The maximum Gasteiger partial charge on any atom is 0.0175 e. The maximum absolute atomic E-state index is 5.61. The van der Waals surface area contributed by atoms with Crippen LogP contribution in [0.2, 0.25) is 0 Å². The summed E-state index contributed by atoms with van der Waals surface area (Å²) in [5, 5.41) is 0. The van der Waals surface area contributed by atoms with Gasteiger partial charge in [-0.3, -0.25) is 0 Å². The van der Waals surface area contributed by atoms with E-state index in [0.717, 1.165) is 30.5 Å². The Labute approximate surface area is 113 Å². The van der Waals surface area contributed by atoms with Crippen LogP contribution in [0.5, 0.6) is 0 Å². The van der Waals surface area contributed by atoms with E-state index in [1.54, 1.807) is 0 Å². The molecule has 0 saturated heterocycles. The molecule has 2 nitrogen and oxygen atoms in total. The van der Waals surface area contributed by atoms with Crippen LogP contribution < -0.4 is 5.73 Å². The first-order valence-electron chi connectivity index (χ1n) is 6.25. The highest BCUT2D eigenvalue weighted by Gasteiger charge is 2.03. The number of rotatable bonds is 7. The van der Waals surface area contributed by atoms with Gasteiger partial charge in [0.2, 0.25) is 0 Å². The zero-order chi connectivity index (χ0) is 12.7. The average Bonchev–Trinajstić information content (AvgIpc) is 2.35. The first kappa shape index (κ1) is 14.7. The smallest absolute Gasteiger partial charge is 0.0175 e. The lowest BCUT2D eigenvalue weighted by Gasteiger charge is -2.18. The first-order chi connectivity index (χ1) is 8.11. The van der Waals surface area contributed by atoms with Crippen molar-refractivity contribution >= 4 is 15.9 Å². The van der Waals surface area contributed by atoms with Crippen molar-refractivity contribution in [2.45, 2.75) is 19.8 Å². The van der Waals surface area contributed by atoms with E-state index in [-0.39, 0.29) is 0 Å².